The van der Waals surface area contributed by atoms with Gasteiger partial charge in [0.2, 0.25) is 5.91 Å². The van der Waals surface area contributed by atoms with Crippen LogP contribution in [0.4, 0.5) is 0 Å². The lowest BCUT2D eigenvalue weighted by Gasteiger charge is -2.67. The van der Waals surface area contributed by atoms with Gasteiger partial charge in [0.1, 0.15) is 5.75 Å². The fourth-order valence-corrected chi connectivity index (χ4v) is 11.5. The molecule has 0 aromatic heterocycles. The number of benzene rings is 2. The monoisotopic (exact) mass is 708 g/mol. The molecule has 6 aliphatic rings. The third-order valence-corrected chi connectivity index (χ3v) is 14.5. The minimum absolute atomic E-state index is 0.0231. The fourth-order valence-electron chi connectivity index (χ4n) is 11.0. The summed E-state index contributed by atoms with van der Waals surface area (Å²) < 4.78 is 38.2. The smallest absolute Gasteiger partial charge is 0.294 e. The molecule has 1 heterocycles. The van der Waals surface area contributed by atoms with E-state index in [4.69, 9.17) is 14.5 Å². The molecule has 11 heteroatoms. The van der Waals surface area contributed by atoms with Gasteiger partial charge in [-0.1, -0.05) is 24.3 Å². The second-order valence-electron chi connectivity index (χ2n) is 16.2. The van der Waals surface area contributed by atoms with Gasteiger partial charge in [0.15, 0.2) is 5.79 Å². The largest absolute Gasteiger partial charge is 0.494 e. The van der Waals surface area contributed by atoms with Crippen molar-refractivity contribution in [2.75, 3.05) is 32.8 Å². The van der Waals surface area contributed by atoms with Crippen LogP contribution in [0.2, 0.25) is 0 Å². The Morgan fingerprint density at radius 1 is 0.940 bits per heavy atom. The van der Waals surface area contributed by atoms with E-state index in [1.54, 1.807) is 19.1 Å². The third-order valence-electron chi connectivity index (χ3n) is 13.7. The molecule has 50 heavy (non-hydrogen) atoms. The maximum absolute atomic E-state index is 12.5. The summed E-state index contributed by atoms with van der Waals surface area (Å²) in [5, 5.41) is 11.2. The summed E-state index contributed by atoms with van der Waals surface area (Å²) in [6.45, 7) is 5.39. The number of fused-ring (bicyclic) bond motifs is 1. The Labute approximate surface area is 296 Å². The molecule has 7 atom stereocenters. The van der Waals surface area contributed by atoms with Gasteiger partial charge >= 0.3 is 0 Å². The van der Waals surface area contributed by atoms with Gasteiger partial charge in [-0.2, -0.15) is 8.42 Å². The summed E-state index contributed by atoms with van der Waals surface area (Å²) in [4.78, 5) is 28.6. The predicted octanol–water partition coefficient (Wildman–Crippen LogP) is 5.60. The molecule has 2 N–H and O–H groups in total. The van der Waals surface area contributed by atoms with Crippen LogP contribution in [-0.2, 0) is 31.1 Å². The van der Waals surface area contributed by atoms with Crippen LogP contribution in [0.3, 0.4) is 0 Å². The number of aliphatic hydroxyl groups is 1. The Morgan fingerprint density at radius 2 is 1.68 bits per heavy atom. The zero-order valence-corrected chi connectivity index (χ0v) is 29.9. The number of ether oxygens (including phenoxy) is 1. The molecule has 0 radical (unpaired) electrons. The molecule has 2 bridgehead atoms. The van der Waals surface area contributed by atoms with E-state index in [0.717, 1.165) is 68.5 Å². The van der Waals surface area contributed by atoms with Crippen molar-refractivity contribution in [1.29, 1.82) is 0 Å². The first-order chi connectivity index (χ1) is 24.0. The van der Waals surface area contributed by atoms with Gasteiger partial charge < -0.3 is 19.6 Å². The number of hydrogen-bond acceptors (Lipinski definition) is 8. The highest BCUT2D eigenvalue weighted by molar-refractivity contribution is 7.85. The maximum Gasteiger partial charge on any atom is 0.294 e. The quantitative estimate of drug-likeness (QED) is 0.0954. The van der Waals surface area contributed by atoms with Gasteiger partial charge in [0.25, 0.3) is 10.1 Å². The number of amides is 1. The van der Waals surface area contributed by atoms with Crippen LogP contribution in [0.1, 0.15) is 88.2 Å². The molecule has 6 fully saturated rings. The average molecular weight is 709 g/mol. The van der Waals surface area contributed by atoms with E-state index in [1.807, 2.05) is 17.0 Å². The Hall–Kier alpha value is -2.54. The van der Waals surface area contributed by atoms with Gasteiger partial charge in [-0.05, 0) is 128 Å². The van der Waals surface area contributed by atoms with Crippen LogP contribution in [-0.4, -0.2) is 84.5 Å². The summed E-state index contributed by atoms with van der Waals surface area (Å²) >= 11 is 0. The molecule has 10 nitrogen and oxygen atoms in total. The number of carbonyl (C=O) groups is 1. The van der Waals surface area contributed by atoms with Crippen LogP contribution >= 0.6 is 0 Å². The van der Waals surface area contributed by atoms with E-state index < -0.39 is 15.9 Å². The maximum atomic E-state index is 12.5. The van der Waals surface area contributed by atoms with Gasteiger partial charge in [-0.3, -0.25) is 9.35 Å². The molecule has 1 spiro atoms. The molecule has 1 amide bonds. The molecule has 5 aliphatic carbocycles. The van der Waals surface area contributed by atoms with Crippen molar-refractivity contribution < 1.29 is 37.4 Å². The van der Waals surface area contributed by atoms with Gasteiger partial charge in [0.05, 0.1) is 17.6 Å². The Balaban J connectivity index is 0.748. The van der Waals surface area contributed by atoms with Crippen molar-refractivity contribution in [3.63, 3.8) is 0 Å². The first-order valence-electron chi connectivity index (χ1n) is 18.9. The topological polar surface area (TPSA) is 126 Å². The highest BCUT2D eigenvalue weighted by Crippen LogP contribution is 2.81. The summed E-state index contributed by atoms with van der Waals surface area (Å²) in [7, 11) is -4.23. The van der Waals surface area contributed by atoms with Crippen molar-refractivity contribution >= 4 is 16.0 Å². The summed E-state index contributed by atoms with van der Waals surface area (Å²) in [6, 6.07) is 14.7. The molecule has 1 saturated heterocycles. The molecule has 8 rings (SSSR count). The number of carbonyl (C=O) groups excluding carboxylic acids is 1. The predicted molar refractivity (Wildman–Crippen MR) is 186 cm³/mol. The van der Waals surface area contributed by atoms with E-state index in [-0.39, 0.29) is 22.9 Å². The normalized spacial score (nSPS) is 36.3. The first kappa shape index (κ1) is 34.5. The number of nitrogens with zero attached hydrogens (tertiary/aromatic N) is 2. The Kier molecular flexibility index (Phi) is 9.30. The van der Waals surface area contributed by atoms with Crippen LogP contribution in [0.15, 0.2) is 53.4 Å². The molecule has 2 aromatic rings. The lowest BCUT2D eigenvalue weighted by atomic mass is 9.38. The SMILES string of the molecule is CC(=O)N1CCN(CCCOc2ccc(C3CCC(O)(OO[C@H]4C5CC6CC7CC4C67C5)CC3)cc2)CCC1Cc1ccc(S(=O)(=O)O)cc1. The number of rotatable bonds is 12. The van der Waals surface area contributed by atoms with Crippen molar-refractivity contribution in [3.8, 4) is 5.75 Å². The van der Waals surface area contributed by atoms with Crippen molar-refractivity contribution in [3.05, 3.63) is 59.7 Å². The highest BCUT2D eigenvalue weighted by Gasteiger charge is 2.77. The zero-order valence-electron chi connectivity index (χ0n) is 29.1. The molecule has 272 valence electrons. The summed E-state index contributed by atoms with van der Waals surface area (Å²) in [5.41, 5.74) is 2.79. The van der Waals surface area contributed by atoms with E-state index >= 15 is 0 Å². The molecular weight excluding hydrogens is 657 g/mol. The second-order valence-corrected chi connectivity index (χ2v) is 17.7. The lowest BCUT2D eigenvalue weighted by molar-refractivity contribution is -0.458. The average Bonchev–Trinajstić information content (AvgIpc) is 3.50. The van der Waals surface area contributed by atoms with E-state index in [2.05, 4.69) is 17.0 Å². The second kappa shape index (κ2) is 13.5. The highest BCUT2D eigenvalue weighted by atomic mass is 32.2. The fraction of sp³-hybridized carbons (Fsp3) is 0.667. The van der Waals surface area contributed by atoms with Crippen LogP contribution < -0.4 is 4.74 Å². The summed E-state index contributed by atoms with van der Waals surface area (Å²) in [6.07, 6.45) is 10.8. The molecular formula is C39H52N2O8S. The van der Waals surface area contributed by atoms with Crippen molar-refractivity contribution in [2.45, 2.75) is 106 Å². The zero-order chi connectivity index (χ0) is 34.7. The molecule has 5 saturated carbocycles. The van der Waals surface area contributed by atoms with Crippen LogP contribution in [0, 0.1) is 29.1 Å². The standard InChI is InChI=1S/C39H52N2O8S/c1-26(42)41-19-18-40(17-13-33(41)21-27-3-9-35(10-4-27)50(44,45)46)16-2-20-47-34-7-5-28(6-8-34)29-11-14-38(43,15-12-29)49-48-37-30-22-31-23-32-24-36(37)39(31,32)25-30/h3-10,29-33,36-37,43H,2,11-25H2,1H3,(H,44,45,46)/t29?,30?,31?,32?,33?,36?,37-,38?,39?/m0/s1. The van der Waals surface area contributed by atoms with Gasteiger partial charge in [-0.25, -0.2) is 9.78 Å². The molecule has 2 aromatic carbocycles. The van der Waals surface area contributed by atoms with Crippen LogP contribution in [0.5, 0.6) is 5.75 Å². The van der Waals surface area contributed by atoms with Crippen molar-refractivity contribution in [2.24, 2.45) is 29.1 Å². The lowest BCUT2D eigenvalue weighted by Crippen LogP contribution is -2.63. The Morgan fingerprint density at radius 3 is 2.36 bits per heavy atom. The number of hydrogen-bond donors (Lipinski definition) is 2. The minimum atomic E-state index is -4.23. The molecule has 6 unspecified atom stereocenters. The van der Waals surface area contributed by atoms with E-state index in [9.17, 15) is 22.9 Å². The molecule has 1 aliphatic heterocycles. The van der Waals surface area contributed by atoms with Gasteiger partial charge in [0, 0.05) is 52.0 Å². The Bertz CT molecular complexity index is 1640. The van der Waals surface area contributed by atoms with Crippen molar-refractivity contribution in [1.82, 2.24) is 9.80 Å². The summed E-state index contributed by atoms with van der Waals surface area (Å²) in [5.74, 6) is 3.27. The first-order valence-corrected chi connectivity index (χ1v) is 20.3. The van der Waals surface area contributed by atoms with Crippen LogP contribution in [0.25, 0.3) is 0 Å². The minimum Gasteiger partial charge on any atom is -0.494 e. The van der Waals surface area contributed by atoms with Gasteiger partial charge in [-0.15, -0.1) is 0 Å². The van der Waals surface area contributed by atoms with E-state index in [0.29, 0.717) is 55.6 Å². The third kappa shape index (κ3) is 6.51. The van der Waals surface area contributed by atoms with E-state index in [1.165, 1.54) is 43.4 Å².